The van der Waals surface area contributed by atoms with Crippen LogP contribution in [-0.4, -0.2) is 41.0 Å². The number of nitrogens with one attached hydrogen (secondary N) is 2. The van der Waals surface area contributed by atoms with Crippen LogP contribution in [0, 0.1) is 0 Å². The summed E-state index contributed by atoms with van der Waals surface area (Å²) >= 11 is 0. The number of hydrogen-bond acceptors (Lipinski definition) is 7. The monoisotopic (exact) mass is 375 g/mol. The number of benzene rings is 1. The molecule has 1 fully saturated rings. The summed E-state index contributed by atoms with van der Waals surface area (Å²) in [6, 6.07) is 5.36. The molecule has 1 saturated heterocycles. The first kappa shape index (κ1) is 18.8. The van der Waals surface area contributed by atoms with Crippen LogP contribution in [0.3, 0.4) is 0 Å². The highest BCUT2D eigenvalue weighted by Gasteiger charge is 2.25. The molecule has 146 valence electrons. The number of nitrogen functional groups attached to an aromatic ring is 1. The lowest BCUT2D eigenvalue weighted by Gasteiger charge is -2.35. The maximum Gasteiger partial charge on any atom is 0.439 e. The van der Waals surface area contributed by atoms with Crippen LogP contribution in [0.15, 0.2) is 27.5 Å². The summed E-state index contributed by atoms with van der Waals surface area (Å²) < 4.78 is 9.91. The quantitative estimate of drug-likeness (QED) is 0.701. The zero-order chi connectivity index (χ0) is 19.6. The predicted molar refractivity (Wildman–Crippen MR) is 102 cm³/mol. The van der Waals surface area contributed by atoms with Gasteiger partial charge < -0.3 is 20.7 Å². The summed E-state index contributed by atoms with van der Waals surface area (Å²) in [5.41, 5.74) is 7.77. The van der Waals surface area contributed by atoms with Gasteiger partial charge in [-0.05, 0) is 51.8 Å². The molecule has 0 radical (unpaired) electrons. The summed E-state index contributed by atoms with van der Waals surface area (Å²) in [6.45, 7) is 6.93. The third-order valence-corrected chi connectivity index (χ3v) is 4.23. The number of alkyl carbamates (subject to hydrolysis) is 1. The zero-order valence-electron chi connectivity index (χ0n) is 15.7. The molecule has 9 heteroatoms. The summed E-state index contributed by atoms with van der Waals surface area (Å²) in [6.07, 6.45) is 1.35. The highest BCUT2D eigenvalue weighted by Crippen LogP contribution is 2.30. The van der Waals surface area contributed by atoms with E-state index in [0.717, 1.165) is 25.1 Å². The first-order valence-electron chi connectivity index (χ1n) is 8.91. The lowest BCUT2D eigenvalue weighted by Crippen LogP contribution is -2.49. The van der Waals surface area contributed by atoms with Crippen LogP contribution < -0.4 is 21.7 Å². The van der Waals surface area contributed by atoms with Crippen LogP contribution in [0.1, 0.15) is 33.6 Å². The number of carbonyl (C=O) groups is 1. The van der Waals surface area contributed by atoms with Gasteiger partial charge in [-0.1, -0.05) is 5.16 Å². The van der Waals surface area contributed by atoms with Crippen molar-refractivity contribution in [2.75, 3.05) is 23.7 Å². The van der Waals surface area contributed by atoms with Gasteiger partial charge in [0.1, 0.15) is 5.60 Å². The van der Waals surface area contributed by atoms with Gasteiger partial charge in [-0.2, -0.15) is 0 Å². The maximum atomic E-state index is 12.0. The Morgan fingerprint density at radius 1 is 1.44 bits per heavy atom. The van der Waals surface area contributed by atoms with Gasteiger partial charge in [-0.15, -0.1) is 0 Å². The largest absolute Gasteiger partial charge is 0.444 e. The minimum absolute atomic E-state index is 0.0384. The summed E-state index contributed by atoms with van der Waals surface area (Å²) in [5.74, 6) is -0.260. The Labute approximate surface area is 156 Å². The van der Waals surface area contributed by atoms with Gasteiger partial charge in [0.25, 0.3) is 0 Å². The molecule has 1 aromatic heterocycles. The number of hydrogen-bond donors (Lipinski definition) is 3. The van der Waals surface area contributed by atoms with E-state index in [1.807, 2.05) is 26.8 Å². The average molecular weight is 375 g/mol. The standard InChI is InChI=1S/C18H25N5O4/c1-18(2,3)26-16(24)20-12-5-4-8-23(10-12)14-9-11(6-7-13(14)19)15-21-17(25)27-22-15/h6-7,9,12H,4-5,8,10,19H2,1-3H3,(H,20,24)(H,21,22,25). The summed E-state index contributed by atoms with van der Waals surface area (Å²) in [4.78, 5) is 27.9. The van der Waals surface area contributed by atoms with Gasteiger partial charge in [0, 0.05) is 24.7 Å². The lowest BCUT2D eigenvalue weighted by atomic mass is 10.0. The van der Waals surface area contributed by atoms with Crippen LogP contribution >= 0.6 is 0 Å². The molecule has 9 nitrogen and oxygen atoms in total. The second-order valence-electron chi connectivity index (χ2n) is 7.65. The van der Waals surface area contributed by atoms with Crippen molar-refractivity contribution < 1.29 is 14.1 Å². The third kappa shape index (κ3) is 4.81. The van der Waals surface area contributed by atoms with Crippen LogP contribution in [0.4, 0.5) is 16.2 Å². The van der Waals surface area contributed by atoms with E-state index >= 15 is 0 Å². The van der Waals surface area contributed by atoms with Gasteiger partial charge in [0.15, 0.2) is 5.82 Å². The SMILES string of the molecule is CC(C)(C)OC(=O)NC1CCCN(c2cc(-c3noc(=O)[nH]3)ccc2N)C1. The highest BCUT2D eigenvalue weighted by atomic mass is 16.6. The fraction of sp³-hybridized carbons (Fsp3) is 0.500. The first-order valence-corrected chi connectivity index (χ1v) is 8.91. The molecule has 3 rings (SSSR count). The summed E-state index contributed by atoms with van der Waals surface area (Å²) in [5, 5.41) is 6.64. The highest BCUT2D eigenvalue weighted by molar-refractivity contribution is 5.75. The molecule has 27 heavy (non-hydrogen) atoms. The summed E-state index contributed by atoms with van der Waals surface area (Å²) in [7, 11) is 0. The predicted octanol–water partition coefficient (Wildman–Crippen LogP) is 2.11. The molecule has 0 saturated carbocycles. The molecule has 1 amide bonds. The molecule has 2 aromatic rings. The minimum Gasteiger partial charge on any atom is -0.444 e. The van der Waals surface area contributed by atoms with Crippen LogP contribution in [0.25, 0.3) is 11.4 Å². The van der Waals surface area contributed by atoms with Gasteiger partial charge in [0.2, 0.25) is 0 Å². The fourth-order valence-corrected chi connectivity index (χ4v) is 3.11. The second kappa shape index (κ2) is 7.34. The third-order valence-electron chi connectivity index (χ3n) is 4.23. The number of amides is 1. The van der Waals surface area contributed by atoms with Crippen LogP contribution in [-0.2, 0) is 4.74 Å². The van der Waals surface area contributed by atoms with E-state index in [2.05, 4.69) is 24.9 Å². The maximum absolute atomic E-state index is 12.0. The second-order valence-corrected chi connectivity index (χ2v) is 7.65. The van der Waals surface area contributed by atoms with Gasteiger partial charge in [0.05, 0.1) is 11.4 Å². The number of ether oxygens (including phenoxy) is 1. The number of H-pyrrole nitrogens is 1. The minimum atomic E-state index is -0.608. The number of carbonyl (C=O) groups excluding carboxylic acids is 1. The molecular weight excluding hydrogens is 350 g/mol. The van der Waals surface area contributed by atoms with Crippen molar-refractivity contribution in [2.24, 2.45) is 0 Å². The molecule has 4 N–H and O–H groups in total. The van der Waals surface area contributed by atoms with Crippen LogP contribution in [0.5, 0.6) is 0 Å². The van der Waals surface area contributed by atoms with Crippen molar-refractivity contribution in [2.45, 2.75) is 45.3 Å². The number of nitrogens with zero attached hydrogens (tertiary/aromatic N) is 2. The molecule has 0 spiro atoms. The smallest absolute Gasteiger partial charge is 0.439 e. The lowest BCUT2D eigenvalue weighted by molar-refractivity contribution is 0.0500. The van der Waals surface area contributed by atoms with Crippen molar-refractivity contribution in [1.29, 1.82) is 0 Å². The van der Waals surface area contributed by atoms with Crippen LogP contribution in [0.2, 0.25) is 0 Å². The number of aromatic amines is 1. The molecule has 1 atom stereocenters. The van der Waals surface area contributed by atoms with Crippen molar-refractivity contribution in [3.05, 3.63) is 28.7 Å². The van der Waals surface area contributed by atoms with E-state index in [4.69, 9.17) is 10.5 Å². The molecule has 1 aliphatic rings. The molecule has 2 heterocycles. The molecule has 0 bridgehead atoms. The molecule has 1 aliphatic heterocycles. The van der Waals surface area contributed by atoms with Crippen molar-refractivity contribution in [3.8, 4) is 11.4 Å². The van der Waals surface area contributed by atoms with Gasteiger partial charge >= 0.3 is 11.8 Å². The Balaban J connectivity index is 1.74. The number of aromatic nitrogens is 2. The van der Waals surface area contributed by atoms with Gasteiger partial charge in [-0.3, -0.25) is 9.51 Å². The van der Waals surface area contributed by atoms with Crippen molar-refractivity contribution in [3.63, 3.8) is 0 Å². The van der Waals surface area contributed by atoms with E-state index in [9.17, 15) is 9.59 Å². The fourth-order valence-electron chi connectivity index (χ4n) is 3.11. The normalized spacial score (nSPS) is 17.6. The Bertz CT molecular complexity index is 867. The van der Waals surface area contributed by atoms with E-state index < -0.39 is 17.5 Å². The number of rotatable bonds is 3. The van der Waals surface area contributed by atoms with Crippen molar-refractivity contribution in [1.82, 2.24) is 15.5 Å². The zero-order valence-corrected chi connectivity index (χ0v) is 15.7. The molecule has 1 aromatic carbocycles. The van der Waals surface area contributed by atoms with E-state index in [0.29, 0.717) is 23.6 Å². The van der Waals surface area contributed by atoms with E-state index in [1.54, 1.807) is 12.1 Å². The average Bonchev–Trinajstić information content (AvgIpc) is 3.00. The number of piperidine rings is 1. The van der Waals surface area contributed by atoms with Crippen molar-refractivity contribution >= 4 is 17.5 Å². The molecule has 1 unspecified atom stereocenters. The Morgan fingerprint density at radius 3 is 2.89 bits per heavy atom. The number of nitrogens with two attached hydrogens (primary N) is 1. The number of anilines is 2. The first-order chi connectivity index (χ1) is 12.7. The Hall–Kier alpha value is -2.97. The topological polar surface area (TPSA) is 126 Å². The van der Waals surface area contributed by atoms with Gasteiger partial charge in [-0.25, -0.2) is 9.59 Å². The molecular formula is C18H25N5O4. The Kier molecular flexibility index (Phi) is 5.11. The molecule has 0 aliphatic carbocycles. The van der Waals surface area contributed by atoms with E-state index in [1.165, 1.54) is 0 Å². The van der Waals surface area contributed by atoms with E-state index in [-0.39, 0.29) is 6.04 Å². The Morgan fingerprint density at radius 2 is 2.22 bits per heavy atom.